The Labute approximate surface area is 102 Å². The molecule has 0 aliphatic rings. The molecule has 1 unspecified atom stereocenters. The Bertz CT molecular complexity index is 507. The summed E-state index contributed by atoms with van der Waals surface area (Å²) >= 11 is 0. The second-order valence-electron chi connectivity index (χ2n) is 4.05. The molecule has 90 valence electrons. The summed E-state index contributed by atoms with van der Waals surface area (Å²) in [5.41, 5.74) is 6.94. The molecule has 0 heterocycles. The van der Waals surface area contributed by atoms with Gasteiger partial charge in [0.15, 0.2) is 0 Å². The van der Waals surface area contributed by atoms with Crippen LogP contribution in [-0.2, 0) is 0 Å². The van der Waals surface area contributed by atoms with Gasteiger partial charge >= 0.3 is 0 Å². The molecule has 3 nitrogen and oxygen atoms in total. The van der Waals surface area contributed by atoms with Crippen LogP contribution in [0.2, 0.25) is 0 Å². The molecular weight excluding hydrogens is 212 g/mol. The Kier molecular flexibility index (Phi) is 3.61. The third-order valence-electron chi connectivity index (χ3n) is 3.06. The molecule has 0 aromatic heterocycles. The number of benzene rings is 2. The Balaban J connectivity index is 2.44. The summed E-state index contributed by atoms with van der Waals surface area (Å²) in [7, 11) is 3.61. The first-order chi connectivity index (χ1) is 8.28. The third kappa shape index (κ3) is 2.40. The number of fused-ring (bicyclic) bond motifs is 1. The zero-order valence-corrected chi connectivity index (χ0v) is 10.2. The first-order valence-electron chi connectivity index (χ1n) is 5.73. The van der Waals surface area contributed by atoms with Crippen molar-refractivity contribution in [3.63, 3.8) is 0 Å². The van der Waals surface area contributed by atoms with E-state index in [1.165, 1.54) is 16.3 Å². The molecule has 0 aliphatic heterocycles. The minimum absolute atomic E-state index is 0.210. The molecule has 2 rings (SSSR count). The Morgan fingerprint density at radius 1 is 1.18 bits per heavy atom. The molecule has 1 atom stereocenters. The van der Waals surface area contributed by atoms with E-state index < -0.39 is 0 Å². The predicted octanol–water partition coefficient (Wildman–Crippen LogP) is 2.07. The molecule has 3 N–H and O–H groups in total. The lowest BCUT2D eigenvalue weighted by Gasteiger charge is -2.14. The highest BCUT2D eigenvalue weighted by molar-refractivity contribution is 5.84. The van der Waals surface area contributed by atoms with Crippen LogP contribution >= 0.6 is 0 Å². The molecule has 0 bridgehead atoms. The van der Waals surface area contributed by atoms with Crippen LogP contribution in [0.1, 0.15) is 11.6 Å². The van der Waals surface area contributed by atoms with Gasteiger partial charge in [0.2, 0.25) is 0 Å². The van der Waals surface area contributed by atoms with Crippen molar-refractivity contribution < 1.29 is 4.74 Å². The van der Waals surface area contributed by atoms with E-state index in [4.69, 9.17) is 10.5 Å². The quantitative estimate of drug-likeness (QED) is 0.845. The maximum atomic E-state index is 5.72. The molecule has 0 radical (unpaired) electrons. The maximum Gasteiger partial charge on any atom is 0.119 e. The van der Waals surface area contributed by atoms with Gasteiger partial charge in [0.25, 0.3) is 0 Å². The molecule has 2 aromatic carbocycles. The standard InChI is InChI=1S/C14H18N2O/c1-16-14(9-15)12-4-3-11-8-13(17-2)6-5-10(11)7-12/h3-8,14,16H,9,15H2,1-2H3. The van der Waals surface area contributed by atoms with Crippen molar-refractivity contribution >= 4 is 10.8 Å². The lowest BCUT2D eigenvalue weighted by atomic mass is 10.0. The van der Waals surface area contributed by atoms with E-state index in [2.05, 4.69) is 29.6 Å². The normalized spacial score (nSPS) is 12.6. The zero-order chi connectivity index (χ0) is 12.3. The smallest absolute Gasteiger partial charge is 0.119 e. The van der Waals surface area contributed by atoms with E-state index in [0.717, 1.165) is 5.75 Å². The summed E-state index contributed by atoms with van der Waals surface area (Å²) in [6, 6.07) is 12.7. The number of ether oxygens (including phenoxy) is 1. The summed E-state index contributed by atoms with van der Waals surface area (Å²) < 4.78 is 5.21. The van der Waals surface area contributed by atoms with Crippen LogP contribution in [0.3, 0.4) is 0 Å². The highest BCUT2D eigenvalue weighted by Crippen LogP contribution is 2.23. The number of hydrogen-bond donors (Lipinski definition) is 2. The van der Waals surface area contributed by atoms with Gasteiger partial charge in [0.05, 0.1) is 7.11 Å². The molecule has 17 heavy (non-hydrogen) atoms. The number of hydrogen-bond acceptors (Lipinski definition) is 3. The van der Waals surface area contributed by atoms with Crippen molar-refractivity contribution in [3.8, 4) is 5.75 Å². The van der Waals surface area contributed by atoms with Crippen LogP contribution < -0.4 is 15.8 Å². The first-order valence-corrected chi connectivity index (χ1v) is 5.73. The fourth-order valence-electron chi connectivity index (χ4n) is 2.01. The van der Waals surface area contributed by atoms with Crippen LogP contribution in [0.25, 0.3) is 10.8 Å². The average Bonchev–Trinajstić information content (AvgIpc) is 2.39. The molecule has 2 aromatic rings. The molecule has 0 amide bonds. The van der Waals surface area contributed by atoms with Crippen molar-refractivity contribution in [2.24, 2.45) is 5.73 Å². The second kappa shape index (κ2) is 5.17. The van der Waals surface area contributed by atoms with Gasteiger partial charge < -0.3 is 15.8 Å². The van der Waals surface area contributed by atoms with Crippen molar-refractivity contribution in [2.75, 3.05) is 20.7 Å². The number of methoxy groups -OCH3 is 1. The Morgan fingerprint density at radius 3 is 2.53 bits per heavy atom. The van der Waals surface area contributed by atoms with Crippen molar-refractivity contribution in [1.29, 1.82) is 0 Å². The summed E-state index contributed by atoms with van der Waals surface area (Å²) in [4.78, 5) is 0. The van der Waals surface area contributed by atoms with Gasteiger partial charge in [0, 0.05) is 12.6 Å². The van der Waals surface area contributed by atoms with Gasteiger partial charge in [-0.15, -0.1) is 0 Å². The van der Waals surface area contributed by atoms with Crippen LogP contribution in [0.4, 0.5) is 0 Å². The average molecular weight is 230 g/mol. The van der Waals surface area contributed by atoms with E-state index in [1.807, 2.05) is 19.2 Å². The predicted molar refractivity (Wildman–Crippen MR) is 71.4 cm³/mol. The second-order valence-corrected chi connectivity index (χ2v) is 4.05. The minimum atomic E-state index is 0.210. The monoisotopic (exact) mass is 230 g/mol. The topological polar surface area (TPSA) is 47.3 Å². The summed E-state index contributed by atoms with van der Waals surface area (Å²) in [6.07, 6.45) is 0. The van der Waals surface area contributed by atoms with Gasteiger partial charge in [-0.05, 0) is 41.6 Å². The van der Waals surface area contributed by atoms with Crippen molar-refractivity contribution in [1.82, 2.24) is 5.32 Å². The SMILES string of the molecule is CNC(CN)c1ccc2cc(OC)ccc2c1. The van der Waals surface area contributed by atoms with E-state index in [9.17, 15) is 0 Å². The van der Waals surface area contributed by atoms with Gasteiger partial charge in [-0.3, -0.25) is 0 Å². The fraction of sp³-hybridized carbons (Fsp3) is 0.286. The summed E-state index contributed by atoms with van der Waals surface area (Å²) in [5.74, 6) is 0.884. The number of nitrogens with one attached hydrogen (secondary N) is 1. The van der Waals surface area contributed by atoms with Crippen LogP contribution in [0.5, 0.6) is 5.75 Å². The van der Waals surface area contributed by atoms with Crippen molar-refractivity contribution in [3.05, 3.63) is 42.0 Å². The lowest BCUT2D eigenvalue weighted by Crippen LogP contribution is -2.24. The molecule has 0 aliphatic carbocycles. The van der Waals surface area contributed by atoms with E-state index in [-0.39, 0.29) is 6.04 Å². The highest BCUT2D eigenvalue weighted by atomic mass is 16.5. The van der Waals surface area contributed by atoms with Crippen molar-refractivity contribution in [2.45, 2.75) is 6.04 Å². The maximum absolute atomic E-state index is 5.72. The van der Waals surface area contributed by atoms with Crippen LogP contribution in [0, 0.1) is 0 Å². The Morgan fingerprint density at radius 2 is 1.88 bits per heavy atom. The minimum Gasteiger partial charge on any atom is -0.497 e. The molecule has 0 fully saturated rings. The van der Waals surface area contributed by atoms with Crippen LogP contribution in [0.15, 0.2) is 36.4 Å². The molecular formula is C14H18N2O. The molecule has 0 spiro atoms. The van der Waals surface area contributed by atoms with Gasteiger partial charge in [-0.2, -0.15) is 0 Å². The van der Waals surface area contributed by atoms with E-state index in [0.29, 0.717) is 6.54 Å². The Hall–Kier alpha value is -1.58. The lowest BCUT2D eigenvalue weighted by molar-refractivity contribution is 0.415. The largest absolute Gasteiger partial charge is 0.497 e. The first kappa shape index (κ1) is 11.9. The number of likely N-dealkylation sites (N-methyl/N-ethyl adjacent to an activating group) is 1. The highest BCUT2D eigenvalue weighted by Gasteiger charge is 2.07. The summed E-state index contributed by atoms with van der Waals surface area (Å²) in [6.45, 7) is 0.595. The molecule has 0 saturated carbocycles. The number of rotatable bonds is 4. The van der Waals surface area contributed by atoms with E-state index >= 15 is 0 Å². The summed E-state index contributed by atoms with van der Waals surface area (Å²) in [5, 5.41) is 5.59. The third-order valence-corrected chi connectivity index (χ3v) is 3.06. The van der Waals surface area contributed by atoms with E-state index in [1.54, 1.807) is 7.11 Å². The molecule has 0 saturated heterocycles. The van der Waals surface area contributed by atoms with Gasteiger partial charge in [-0.1, -0.05) is 18.2 Å². The zero-order valence-electron chi connectivity index (χ0n) is 10.2. The van der Waals surface area contributed by atoms with Crippen LogP contribution in [-0.4, -0.2) is 20.7 Å². The molecule has 3 heteroatoms. The van der Waals surface area contributed by atoms with Gasteiger partial charge in [0.1, 0.15) is 5.75 Å². The fourth-order valence-corrected chi connectivity index (χ4v) is 2.01. The number of nitrogens with two attached hydrogens (primary N) is 1. The van der Waals surface area contributed by atoms with Gasteiger partial charge in [-0.25, -0.2) is 0 Å².